The predicted molar refractivity (Wildman–Crippen MR) is 93.6 cm³/mol. The molecule has 22 heavy (non-hydrogen) atoms. The van der Waals surface area contributed by atoms with Crippen molar-refractivity contribution in [3.8, 4) is 0 Å². The number of carbonyl (C=O) groups excluding carboxylic acids is 2. The van der Waals surface area contributed by atoms with Gasteiger partial charge in [-0.15, -0.1) is 0 Å². The fourth-order valence-corrected chi connectivity index (χ4v) is 3.43. The lowest BCUT2D eigenvalue weighted by molar-refractivity contribution is -0.114. The van der Waals surface area contributed by atoms with Crippen molar-refractivity contribution in [2.75, 3.05) is 17.6 Å². The minimum atomic E-state index is -0.151. The Morgan fingerprint density at radius 3 is 2.86 bits per heavy atom. The number of benzene rings is 1. The molecule has 0 bridgehead atoms. The highest BCUT2D eigenvalue weighted by Gasteiger charge is 2.06. The SMILES string of the molecule is CC(=O)Nc1cccc(C(=O)NCCSCc2ccsc2)c1. The Labute approximate surface area is 138 Å². The van der Waals surface area contributed by atoms with E-state index in [4.69, 9.17) is 0 Å². The van der Waals surface area contributed by atoms with E-state index >= 15 is 0 Å². The van der Waals surface area contributed by atoms with E-state index in [9.17, 15) is 9.59 Å². The van der Waals surface area contributed by atoms with E-state index < -0.39 is 0 Å². The fraction of sp³-hybridized carbons (Fsp3) is 0.250. The Balaban J connectivity index is 1.73. The Hall–Kier alpha value is -1.79. The zero-order chi connectivity index (χ0) is 15.8. The molecule has 2 N–H and O–H groups in total. The van der Waals surface area contributed by atoms with Gasteiger partial charge in [0.2, 0.25) is 5.91 Å². The van der Waals surface area contributed by atoms with Gasteiger partial charge in [-0.2, -0.15) is 23.1 Å². The summed E-state index contributed by atoms with van der Waals surface area (Å²) in [4.78, 5) is 23.1. The first-order chi connectivity index (χ1) is 10.6. The standard InChI is InChI=1S/C16H18N2O2S2/c1-12(19)18-15-4-2-3-14(9-15)16(20)17-6-8-22-11-13-5-7-21-10-13/h2-5,7,9-10H,6,8,11H2,1H3,(H,17,20)(H,18,19). The van der Waals surface area contributed by atoms with Crippen LogP contribution in [-0.4, -0.2) is 24.1 Å². The van der Waals surface area contributed by atoms with E-state index in [2.05, 4.69) is 27.5 Å². The molecule has 2 rings (SSSR count). The van der Waals surface area contributed by atoms with Crippen LogP contribution in [0, 0.1) is 0 Å². The number of thiophene rings is 1. The first kappa shape index (κ1) is 16.6. The second-order valence-electron chi connectivity index (χ2n) is 4.70. The fourth-order valence-electron chi connectivity index (χ4n) is 1.85. The van der Waals surface area contributed by atoms with Crippen molar-refractivity contribution in [3.05, 3.63) is 52.2 Å². The van der Waals surface area contributed by atoms with Crippen molar-refractivity contribution in [2.24, 2.45) is 0 Å². The molecule has 0 aliphatic carbocycles. The number of thioether (sulfide) groups is 1. The van der Waals surface area contributed by atoms with Crippen molar-refractivity contribution in [1.82, 2.24) is 5.32 Å². The van der Waals surface area contributed by atoms with Crippen molar-refractivity contribution >= 4 is 40.6 Å². The maximum absolute atomic E-state index is 12.0. The Kier molecular flexibility index (Phi) is 6.48. The predicted octanol–water partition coefficient (Wildman–Crippen LogP) is 3.37. The van der Waals surface area contributed by atoms with Gasteiger partial charge in [0.1, 0.15) is 0 Å². The van der Waals surface area contributed by atoms with Crippen LogP contribution >= 0.6 is 23.1 Å². The van der Waals surface area contributed by atoms with Crippen LogP contribution in [-0.2, 0) is 10.5 Å². The van der Waals surface area contributed by atoms with Crippen molar-refractivity contribution in [2.45, 2.75) is 12.7 Å². The summed E-state index contributed by atoms with van der Waals surface area (Å²) in [5.41, 5.74) is 2.51. The Morgan fingerprint density at radius 2 is 2.14 bits per heavy atom. The second kappa shape index (κ2) is 8.60. The molecule has 2 aromatic rings. The molecular formula is C16H18N2O2S2. The first-order valence-corrected chi connectivity index (χ1v) is 8.99. The molecule has 4 nitrogen and oxygen atoms in total. The summed E-state index contributed by atoms with van der Waals surface area (Å²) in [6, 6.07) is 9.04. The van der Waals surface area contributed by atoms with Gasteiger partial charge in [0.05, 0.1) is 0 Å². The zero-order valence-corrected chi connectivity index (χ0v) is 13.9. The summed E-state index contributed by atoms with van der Waals surface area (Å²) in [5, 5.41) is 9.77. The molecule has 0 unspecified atom stereocenters. The summed E-state index contributed by atoms with van der Waals surface area (Å²) in [7, 11) is 0. The summed E-state index contributed by atoms with van der Waals surface area (Å²) >= 11 is 3.49. The van der Waals surface area contributed by atoms with E-state index in [0.29, 0.717) is 17.8 Å². The lowest BCUT2D eigenvalue weighted by Crippen LogP contribution is -2.25. The Morgan fingerprint density at radius 1 is 1.27 bits per heavy atom. The van der Waals surface area contributed by atoms with Gasteiger partial charge in [-0.3, -0.25) is 9.59 Å². The van der Waals surface area contributed by atoms with Crippen molar-refractivity contribution in [1.29, 1.82) is 0 Å². The number of carbonyl (C=O) groups is 2. The molecule has 0 saturated heterocycles. The van der Waals surface area contributed by atoms with Gasteiger partial charge < -0.3 is 10.6 Å². The van der Waals surface area contributed by atoms with Gasteiger partial charge >= 0.3 is 0 Å². The van der Waals surface area contributed by atoms with Crippen LogP contribution in [0.25, 0.3) is 0 Å². The van der Waals surface area contributed by atoms with Gasteiger partial charge in [-0.25, -0.2) is 0 Å². The van der Waals surface area contributed by atoms with E-state index in [0.717, 1.165) is 11.5 Å². The van der Waals surface area contributed by atoms with Crippen LogP contribution < -0.4 is 10.6 Å². The van der Waals surface area contributed by atoms with E-state index in [1.165, 1.54) is 12.5 Å². The molecule has 1 heterocycles. The Bertz CT molecular complexity index is 627. The number of nitrogens with one attached hydrogen (secondary N) is 2. The van der Waals surface area contributed by atoms with Crippen LogP contribution in [0.1, 0.15) is 22.8 Å². The maximum Gasteiger partial charge on any atom is 0.251 e. The van der Waals surface area contributed by atoms with Crippen LogP contribution in [0.5, 0.6) is 0 Å². The molecule has 2 amide bonds. The molecule has 0 spiro atoms. The van der Waals surface area contributed by atoms with Crippen molar-refractivity contribution < 1.29 is 9.59 Å². The smallest absolute Gasteiger partial charge is 0.251 e. The van der Waals surface area contributed by atoms with Crippen LogP contribution in [0.15, 0.2) is 41.1 Å². The molecule has 6 heteroatoms. The third kappa shape index (κ3) is 5.54. The lowest BCUT2D eigenvalue weighted by Gasteiger charge is -2.07. The van der Waals surface area contributed by atoms with E-state index in [1.54, 1.807) is 47.4 Å². The minimum absolute atomic E-state index is 0.122. The average Bonchev–Trinajstić information content (AvgIpc) is 2.99. The van der Waals surface area contributed by atoms with Crippen molar-refractivity contribution in [3.63, 3.8) is 0 Å². The first-order valence-electron chi connectivity index (χ1n) is 6.90. The topological polar surface area (TPSA) is 58.2 Å². The minimum Gasteiger partial charge on any atom is -0.351 e. The van der Waals surface area contributed by atoms with Gasteiger partial charge in [0.25, 0.3) is 5.91 Å². The van der Waals surface area contributed by atoms with Crippen LogP contribution in [0.3, 0.4) is 0 Å². The molecule has 1 aromatic carbocycles. The molecule has 0 radical (unpaired) electrons. The van der Waals surface area contributed by atoms with Crippen LogP contribution in [0.4, 0.5) is 5.69 Å². The van der Waals surface area contributed by atoms with Gasteiger partial charge in [-0.1, -0.05) is 6.07 Å². The average molecular weight is 334 g/mol. The highest BCUT2D eigenvalue weighted by molar-refractivity contribution is 7.98. The highest BCUT2D eigenvalue weighted by atomic mass is 32.2. The number of amides is 2. The molecule has 0 aliphatic rings. The molecule has 0 atom stereocenters. The number of hydrogen-bond acceptors (Lipinski definition) is 4. The number of anilines is 1. The third-order valence-corrected chi connectivity index (χ3v) is 4.59. The second-order valence-corrected chi connectivity index (χ2v) is 6.59. The molecule has 0 aliphatic heterocycles. The maximum atomic E-state index is 12.0. The molecule has 0 saturated carbocycles. The monoisotopic (exact) mass is 334 g/mol. The summed E-state index contributed by atoms with van der Waals surface area (Å²) in [5.74, 6) is 1.57. The third-order valence-electron chi connectivity index (χ3n) is 2.83. The van der Waals surface area contributed by atoms with E-state index in [-0.39, 0.29) is 11.8 Å². The van der Waals surface area contributed by atoms with E-state index in [1.807, 2.05) is 0 Å². The molecular weight excluding hydrogens is 316 g/mol. The molecule has 0 fully saturated rings. The summed E-state index contributed by atoms with van der Waals surface area (Å²) < 4.78 is 0. The molecule has 116 valence electrons. The zero-order valence-electron chi connectivity index (χ0n) is 12.3. The quantitative estimate of drug-likeness (QED) is 0.763. The van der Waals surface area contributed by atoms with Gasteiger partial charge in [0.15, 0.2) is 0 Å². The number of hydrogen-bond donors (Lipinski definition) is 2. The van der Waals surface area contributed by atoms with Gasteiger partial charge in [0, 0.05) is 36.2 Å². The van der Waals surface area contributed by atoms with Gasteiger partial charge in [-0.05, 0) is 40.6 Å². The molecule has 1 aromatic heterocycles. The highest BCUT2D eigenvalue weighted by Crippen LogP contribution is 2.14. The lowest BCUT2D eigenvalue weighted by atomic mass is 10.2. The summed E-state index contributed by atoms with van der Waals surface area (Å²) in [6.07, 6.45) is 0. The normalized spacial score (nSPS) is 10.2. The summed E-state index contributed by atoms with van der Waals surface area (Å²) in [6.45, 7) is 2.06. The number of rotatable bonds is 7. The largest absolute Gasteiger partial charge is 0.351 e. The van der Waals surface area contributed by atoms with Crippen LogP contribution in [0.2, 0.25) is 0 Å².